The number of sulfonamides is 1. The normalized spacial score (nSPS) is 11.3. The summed E-state index contributed by atoms with van der Waals surface area (Å²) < 4.78 is 34.8. The minimum Gasteiger partial charge on any atom is -0.497 e. The van der Waals surface area contributed by atoms with Crippen LogP contribution in [0.3, 0.4) is 0 Å². The summed E-state index contributed by atoms with van der Waals surface area (Å²) in [6.45, 7) is 0. The van der Waals surface area contributed by atoms with Crippen LogP contribution >= 0.6 is 11.6 Å². The van der Waals surface area contributed by atoms with Gasteiger partial charge in [0.2, 0.25) is 0 Å². The summed E-state index contributed by atoms with van der Waals surface area (Å²) in [7, 11) is -2.28. The Labute approximate surface area is 179 Å². The predicted octanol–water partition coefficient (Wildman–Crippen LogP) is 3.88. The minimum absolute atomic E-state index is 0.0335. The molecule has 0 aromatic heterocycles. The molecular formula is C21H17ClN2O5S. The van der Waals surface area contributed by atoms with E-state index in [-0.39, 0.29) is 4.90 Å². The molecule has 0 aliphatic carbocycles. The molecule has 3 aromatic carbocycles. The van der Waals surface area contributed by atoms with Gasteiger partial charge in [-0.2, -0.15) is 13.5 Å². The summed E-state index contributed by atoms with van der Waals surface area (Å²) in [5.74, 6) is 0.390. The number of benzene rings is 3. The van der Waals surface area contributed by atoms with E-state index in [1.807, 2.05) is 0 Å². The SMILES string of the molecule is COc1ccc(C(=O)Oc2cccc(/C=N\NS(=O)(=O)c3ccc(Cl)cc3)c2)cc1. The van der Waals surface area contributed by atoms with Crippen molar-refractivity contribution < 1.29 is 22.7 Å². The van der Waals surface area contributed by atoms with Crippen LogP contribution in [0.5, 0.6) is 11.5 Å². The van der Waals surface area contributed by atoms with Crippen molar-refractivity contribution in [1.29, 1.82) is 0 Å². The van der Waals surface area contributed by atoms with E-state index in [0.29, 0.717) is 27.6 Å². The van der Waals surface area contributed by atoms with Crippen LogP contribution < -0.4 is 14.3 Å². The first-order valence-electron chi connectivity index (χ1n) is 8.64. The van der Waals surface area contributed by atoms with Crippen molar-refractivity contribution in [2.45, 2.75) is 4.90 Å². The zero-order valence-electron chi connectivity index (χ0n) is 15.8. The zero-order chi connectivity index (χ0) is 21.6. The van der Waals surface area contributed by atoms with Crippen molar-refractivity contribution in [2.24, 2.45) is 5.10 Å². The highest BCUT2D eigenvalue weighted by atomic mass is 35.5. The predicted molar refractivity (Wildman–Crippen MR) is 114 cm³/mol. The van der Waals surface area contributed by atoms with Crippen LogP contribution in [0.15, 0.2) is 82.8 Å². The fourth-order valence-corrected chi connectivity index (χ4v) is 3.31. The van der Waals surface area contributed by atoms with Gasteiger partial charge in [0.05, 0.1) is 23.8 Å². The Hall–Kier alpha value is -3.36. The number of nitrogens with one attached hydrogen (secondary N) is 1. The molecule has 0 unspecified atom stereocenters. The highest BCUT2D eigenvalue weighted by Gasteiger charge is 2.12. The van der Waals surface area contributed by atoms with Gasteiger partial charge < -0.3 is 9.47 Å². The van der Waals surface area contributed by atoms with E-state index >= 15 is 0 Å². The summed E-state index contributed by atoms with van der Waals surface area (Å²) >= 11 is 5.76. The lowest BCUT2D eigenvalue weighted by molar-refractivity contribution is 0.0734. The van der Waals surface area contributed by atoms with Crippen molar-refractivity contribution in [3.8, 4) is 11.5 Å². The Morgan fingerprint density at radius 1 is 1.00 bits per heavy atom. The molecule has 0 fully saturated rings. The molecule has 154 valence electrons. The molecule has 0 atom stereocenters. The summed E-state index contributed by atoms with van der Waals surface area (Å²) in [4.78, 5) is 14.4. The fourth-order valence-electron chi connectivity index (χ4n) is 2.39. The van der Waals surface area contributed by atoms with Crippen LogP contribution in [0.4, 0.5) is 0 Å². The highest BCUT2D eigenvalue weighted by molar-refractivity contribution is 7.89. The number of hydrazone groups is 1. The molecule has 30 heavy (non-hydrogen) atoms. The van der Waals surface area contributed by atoms with Crippen molar-refractivity contribution in [2.75, 3.05) is 7.11 Å². The van der Waals surface area contributed by atoms with Crippen molar-refractivity contribution >= 4 is 33.8 Å². The molecule has 0 spiro atoms. The van der Waals surface area contributed by atoms with Gasteiger partial charge in [0, 0.05) is 5.02 Å². The Morgan fingerprint density at radius 3 is 2.37 bits per heavy atom. The maximum absolute atomic E-state index is 12.3. The van der Waals surface area contributed by atoms with Crippen LogP contribution in [-0.2, 0) is 10.0 Å². The van der Waals surface area contributed by atoms with E-state index in [9.17, 15) is 13.2 Å². The van der Waals surface area contributed by atoms with Gasteiger partial charge in [0.15, 0.2) is 0 Å². The molecule has 7 nitrogen and oxygen atoms in total. The first kappa shape index (κ1) is 21.4. The number of carbonyl (C=O) groups excluding carboxylic acids is 1. The van der Waals surface area contributed by atoms with Gasteiger partial charge in [-0.15, -0.1) is 0 Å². The Balaban J connectivity index is 1.66. The van der Waals surface area contributed by atoms with Crippen LogP contribution in [0.25, 0.3) is 0 Å². The van der Waals surface area contributed by atoms with Crippen LogP contribution in [0.2, 0.25) is 5.02 Å². The van der Waals surface area contributed by atoms with Crippen LogP contribution in [0, 0.1) is 0 Å². The third-order valence-electron chi connectivity index (χ3n) is 3.90. The van der Waals surface area contributed by atoms with Crippen LogP contribution in [-0.4, -0.2) is 27.7 Å². The zero-order valence-corrected chi connectivity index (χ0v) is 17.4. The van der Waals surface area contributed by atoms with Gasteiger partial charge in [-0.3, -0.25) is 0 Å². The van der Waals surface area contributed by atoms with Crippen LogP contribution in [0.1, 0.15) is 15.9 Å². The quantitative estimate of drug-likeness (QED) is 0.258. The van der Waals surface area contributed by atoms with E-state index in [4.69, 9.17) is 21.1 Å². The third kappa shape index (κ3) is 5.59. The highest BCUT2D eigenvalue weighted by Crippen LogP contribution is 2.17. The molecule has 0 aliphatic heterocycles. The van der Waals surface area contributed by atoms with Gasteiger partial charge in [0.25, 0.3) is 10.0 Å². The second-order valence-electron chi connectivity index (χ2n) is 6.00. The monoisotopic (exact) mass is 444 g/mol. The lowest BCUT2D eigenvalue weighted by Gasteiger charge is -2.06. The van der Waals surface area contributed by atoms with Gasteiger partial charge in [-0.1, -0.05) is 23.7 Å². The van der Waals surface area contributed by atoms with Gasteiger partial charge in [0.1, 0.15) is 11.5 Å². The standard InChI is InChI=1S/C21H17ClN2O5S/c1-28-18-9-5-16(6-10-18)21(25)29-19-4-2-3-15(13-19)14-23-24-30(26,27)20-11-7-17(22)8-12-20/h2-14,24H,1H3/b23-14-. The molecular weight excluding hydrogens is 428 g/mol. The van der Waals surface area contributed by atoms with E-state index in [1.54, 1.807) is 48.5 Å². The number of halogens is 1. The molecule has 0 amide bonds. The summed E-state index contributed by atoms with van der Waals surface area (Å²) in [5.41, 5.74) is 0.902. The molecule has 1 N–H and O–H groups in total. The number of hydrogen-bond donors (Lipinski definition) is 1. The van der Waals surface area contributed by atoms with E-state index in [1.165, 1.54) is 37.6 Å². The number of hydrogen-bond acceptors (Lipinski definition) is 6. The lowest BCUT2D eigenvalue weighted by Crippen LogP contribution is -2.18. The molecule has 0 saturated carbocycles. The molecule has 0 heterocycles. The van der Waals surface area contributed by atoms with E-state index in [0.717, 1.165) is 0 Å². The molecule has 3 rings (SSSR count). The number of rotatable bonds is 7. The average Bonchev–Trinajstić information content (AvgIpc) is 2.74. The Kier molecular flexibility index (Phi) is 6.71. The maximum atomic E-state index is 12.3. The van der Waals surface area contributed by atoms with E-state index < -0.39 is 16.0 Å². The van der Waals surface area contributed by atoms with E-state index in [2.05, 4.69) is 9.93 Å². The molecule has 0 radical (unpaired) electrons. The molecule has 0 aliphatic rings. The van der Waals surface area contributed by atoms with Crippen molar-refractivity contribution in [3.05, 3.63) is 88.9 Å². The average molecular weight is 445 g/mol. The second-order valence-corrected chi connectivity index (χ2v) is 8.09. The largest absolute Gasteiger partial charge is 0.497 e. The Morgan fingerprint density at radius 2 is 1.70 bits per heavy atom. The number of ether oxygens (including phenoxy) is 2. The summed E-state index contributed by atoms with van der Waals surface area (Å²) in [6.07, 6.45) is 1.30. The number of nitrogens with zero attached hydrogens (tertiary/aromatic N) is 1. The molecule has 0 bridgehead atoms. The topological polar surface area (TPSA) is 94.1 Å². The number of carbonyl (C=O) groups is 1. The Bertz CT molecular complexity index is 1160. The van der Waals surface area contributed by atoms with Crippen molar-refractivity contribution in [3.63, 3.8) is 0 Å². The van der Waals surface area contributed by atoms with Crippen molar-refractivity contribution in [1.82, 2.24) is 4.83 Å². The fraction of sp³-hybridized carbons (Fsp3) is 0.0476. The summed E-state index contributed by atoms with van der Waals surface area (Å²) in [5, 5.41) is 4.19. The number of methoxy groups -OCH3 is 1. The molecule has 0 saturated heterocycles. The summed E-state index contributed by atoms with van der Waals surface area (Å²) in [6, 6.07) is 18.7. The molecule has 3 aromatic rings. The first-order chi connectivity index (χ1) is 14.4. The molecule has 9 heteroatoms. The number of esters is 1. The van der Waals surface area contributed by atoms with Gasteiger partial charge in [-0.05, 0) is 66.2 Å². The lowest BCUT2D eigenvalue weighted by atomic mass is 10.2. The van der Waals surface area contributed by atoms with Gasteiger partial charge >= 0.3 is 5.97 Å². The maximum Gasteiger partial charge on any atom is 0.343 e. The smallest absolute Gasteiger partial charge is 0.343 e. The third-order valence-corrected chi connectivity index (χ3v) is 5.40. The first-order valence-corrected chi connectivity index (χ1v) is 10.5. The minimum atomic E-state index is -3.82. The van der Waals surface area contributed by atoms with Gasteiger partial charge in [-0.25, -0.2) is 9.63 Å². The second kappa shape index (κ2) is 9.43.